The van der Waals surface area contributed by atoms with Crippen LogP contribution < -0.4 is 5.32 Å². The van der Waals surface area contributed by atoms with Crippen LogP contribution in [0.4, 0.5) is 18.0 Å². The molecule has 0 bridgehead atoms. The SMILES string of the molecule is C[C@H](COCC(F)(F)F)NC(=O)N1CCC[C@H]1c1nc2ccccc2s1. The van der Waals surface area contributed by atoms with E-state index in [2.05, 4.69) is 15.0 Å². The van der Waals surface area contributed by atoms with E-state index in [1.807, 2.05) is 24.3 Å². The van der Waals surface area contributed by atoms with E-state index < -0.39 is 18.8 Å². The predicted molar refractivity (Wildman–Crippen MR) is 93.2 cm³/mol. The molecular weight excluding hydrogens is 367 g/mol. The Labute approximate surface area is 153 Å². The quantitative estimate of drug-likeness (QED) is 0.840. The summed E-state index contributed by atoms with van der Waals surface area (Å²) in [7, 11) is 0. The lowest BCUT2D eigenvalue weighted by atomic mass is 10.2. The highest BCUT2D eigenvalue weighted by molar-refractivity contribution is 7.18. The highest BCUT2D eigenvalue weighted by Crippen LogP contribution is 2.36. The molecule has 0 unspecified atom stereocenters. The summed E-state index contributed by atoms with van der Waals surface area (Å²) in [5, 5.41) is 3.60. The summed E-state index contributed by atoms with van der Waals surface area (Å²) < 4.78 is 42.0. The topological polar surface area (TPSA) is 54.5 Å². The molecule has 0 spiro atoms. The average Bonchev–Trinajstić information content (AvgIpc) is 3.19. The van der Waals surface area contributed by atoms with Crippen LogP contribution in [0.5, 0.6) is 0 Å². The fourth-order valence-corrected chi connectivity index (χ4v) is 4.10. The maximum Gasteiger partial charge on any atom is 0.411 e. The van der Waals surface area contributed by atoms with Crippen molar-refractivity contribution in [2.45, 2.75) is 38.0 Å². The van der Waals surface area contributed by atoms with Crippen LogP contribution in [0, 0.1) is 0 Å². The van der Waals surface area contributed by atoms with Crippen molar-refractivity contribution < 1.29 is 22.7 Å². The van der Waals surface area contributed by atoms with Crippen LogP contribution in [-0.2, 0) is 4.74 Å². The monoisotopic (exact) mass is 387 g/mol. The minimum atomic E-state index is -4.36. The molecule has 0 saturated carbocycles. The number of nitrogens with one attached hydrogen (secondary N) is 1. The second kappa shape index (κ2) is 7.79. The molecule has 0 aliphatic carbocycles. The van der Waals surface area contributed by atoms with Gasteiger partial charge in [-0.25, -0.2) is 9.78 Å². The van der Waals surface area contributed by atoms with E-state index in [4.69, 9.17) is 0 Å². The van der Waals surface area contributed by atoms with Gasteiger partial charge in [0.1, 0.15) is 11.6 Å². The molecule has 0 radical (unpaired) electrons. The van der Waals surface area contributed by atoms with Crippen LogP contribution in [0.2, 0.25) is 0 Å². The number of hydrogen-bond acceptors (Lipinski definition) is 4. The maximum atomic E-state index is 12.5. The number of fused-ring (bicyclic) bond motifs is 1. The number of rotatable bonds is 5. The molecular formula is C17H20F3N3O2S. The van der Waals surface area contributed by atoms with Gasteiger partial charge >= 0.3 is 12.2 Å². The number of benzene rings is 1. The van der Waals surface area contributed by atoms with Gasteiger partial charge in [-0.1, -0.05) is 12.1 Å². The summed E-state index contributed by atoms with van der Waals surface area (Å²) in [5.41, 5.74) is 0.911. The Hall–Kier alpha value is -1.87. The molecule has 1 saturated heterocycles. The van der Waals surface area contributed by atoms with Crippen molar-refractivity contribution in [3.05, 3.63) is 29.3 Å². The van der Waals surface area contributed by atoms with E-state index in [0.29, 0.717) is 6.54 Å². The number of nitrogens with zero attached hydrogens (tertiary/aromatic N) is 2. The summed E-state index contributed by atoms with van der Waals surface area (Å²) in [6.07, 6.45) is -2.67. The maximum absolute atomic E-state index is 12.5. The summed E-state index contributed by atoms with van der Waals surface area (Å²) in [6.45, 7) is 0.718. The number of hydrogen-bond donors (Lipinski definition) is 1. The molecule has 1 aromatic heterocycles. The zero-order chi connectivity index (χ0) is 18.7. The standard InChI is InChI=1S/C17H20F3N3O2S/c1-11(9-25-10-17(18,19)20)21-16(24)23-8-4-6-13(23)15-22-12-5-2-3-7-14(12)26-15/h2-3,5,7,11,13H,4,6,8-10H2,1H3,(H,21,24)/t11-,13+/m1/s1. The third-order valence-corrected chi connectivity index (χ3v) is 5.25. The molecule has 2 heterocycles. The molecule has 5 nitrogen and oxygen atoms in total. The second-order valence-corrected chi connectivity index (χ2v) is 7.41. The van der Waals surface area contributed by atoms with Gasteiger partial charge in [-0.3, -0.25) is 0 Å². The first-order valence-corrected chi connectivity index (χ1v) is 9.22. The number of ether oxygens (including phenoxy) is 1. The lowest BCUT2D eigenvalue weighted by Crippen LogP contribution is -2.45. The van der Waals surface area contributed by atoms with Crippen molar-refractivity contribution in [1.82, 2.24) is 15.2 Å². The lowest BCUT2D eigenvalue weighted by molar-refractivity contribution is -0.174. The Morgan fingerprint density at radius 3 is 2.96 bits per heavy atom. The number of aromatic nitrogens is 1. The number of para-hydroxylation sites is 1. The van der Waals surface area contributed by atoms with E-state index in [0.717, 1.165) is 28.1 Å². The van der Waals surface area contributed by atoms with Crippen molar-refractivity contribution in [2.75, 3.05) is 19.8 Å². The second-order valence-electron chi connectivity index (χ2n) is 6.35. The molecule has 1 aliphatic rings. The van der Waals surface area contributed by atoms with Gasteiger partial charge in [-0.15, -0.1) is 11.3 Å². The highest BCUT2D eigenvalue weighted by Gasteiger charge is 2.33. The Morgan fingerprint density at radius 1 is 1.46 bits per heavy atom. The molecule has 2 atom stereocenters. The number of halogens is 3. The Balaban J connectivity index is 1.59. The molecule has 26 heavy (non-hydrogen) atoms. The van der Waals surface area contributed by atoms with Gasteiger partial charge in [0.25, 0.3) is 0 Å². The molecule has 3 rings (SSSR count). The van der Waals surface area contributed by atoms with Crippen molar-refractivity contribution in [3.63, 3.8) is 0 Å². The molecule has 1 fully saturated rings. The molecule has 142 valence electrons. The van der Waals surface area contributed by atoms with Crippen LogP contribution in [0.25, 0.3) is 10.2 Å². The number of urea groups is 1. The van der Waals surface area contributed by atoms with Gasteiger partial charge in [0.2, 0.25) is 0 Å². The first-order valence-electron chi connectivity index (χ1n) is 8.40. The summed E-state index contributed by atoms with van der Waals surface area (Å²) >= 11 is 1.57. The number of carbonyl (C=O) groups is 1. The third-order valence-electron chi connectivity index (χ3n) is 4.11. The molecule has 2 aromatic rings. The van der Waals surface area contributed by atoms with Crippen LogP contribution in [0.3, 0.4) is 0 Å². The first-order chi connectivity index (χ1) is 12.3. The Bertz CT molecular complexity index is 732. The molecule has 1 aliphatic heterocycles. The largest absolute Gasteiger partial charge is 0.411 e. The summed E-state index contributed by atoms with van der Waals surface area (Å²) in [5.74, 6) is 0. The molecule has 1 aromatic carbocycles. The fourth-order valence-electron chi connectivity index (χ4n) is 2.99. The number of likely N-dealkylation sites (tertiary alicyclic amines) is 1. The lowest BCUT2D eigenvalue weighted by Gasteiger charge is -2.25. The van der Waals surface area contributed by atoms with Crippen molar-refractivity contribution in [2.24, 2.45) is 0 Å². The normalized spacial score (nSPS) is 19.1. The first kappa shape index (κ1) is 18.9. The van der Waals surface area contributed by atoms with Crippen molar-refractivity contribution in [1.29, 1.82) is 0 Å². The predicted octanol–water partition coefficient (Wildman–Crippen LogP) is 4.11. The highest BCUT2D eigenvalue weighted by atomic mass is 32.1. The number of alkyl halides is 3. The van der Waals surface area contributed by atoms with Gasteiger partial charge in [0, 0.05) is 6.54 Å². The van der Waals surface area contributed by atoms with Crippen molar-refractivity contribution >= 4 is 27.6 Å². The van der Waals surface area contributed by atoms with Crippen LogP contribution in [0.15, 0.2) is 24.3 Å². The van der Waals surface area contributed by atoms with E-state index >= 15 is 0 Å². The zero-order valence-electron chi connectivity index (χ0n) is 14.3. The van der Waals surface area contributed by atoms with Gasteiger partial charge in [0.15, 0.2) is 0 Å². The Kier molecular flexibility index (Phi) is 5.67. The van der Waals surface area contributed by atoms with E-state index in [1.165, 1.54) is 0 Å². The van der Waals surface area contributed by atoms with Crippen molar-refractivity contribution in [3.8, 4) is 0 Å². The summed E-state index contributed by atoms with van der Waals surface area (Å²) in [6, 6.07) is 6.90. The van der Waals surface area contributed by atoms with Crippen LogP contribution in [-0.4, -0.2) is 47.9 Å². The molecule has 2 amide bonds. The van der Waals surface area contributed by atoms with Gasteiger partial charge in [-0.05, 0) is 31.9 Å². The molecule has 9 heteroatoms. The molecule has 1 N–H and O–H groups in total. The minimum Gasteiger partial charge on any atom is -0.370 e. The summed E-state index contributed by atoms with van der Waals surface area (Å²) in [4.78, 5) is 18.9. The number of carbonyl (C=O) groups excluding carboxylic acids is 1. The van der Waals surface area contributed by atoms with Gasteiger partial charge in [-0.2, -0.15) is 13.2 Å². The minimum absolute atomic E-state index is 0.101. The van der Waals surface area contributed by atoms with Gasteiger partial charge in [0.05, 0.1) is 28.9 Å². The van der Waals surface area contributed by atoms with Gasteiger partial charge < -0.3 is 15.0 Å². The van der Waals surface area contributed by atoms with E-state index in [9.17, 15) is 18.0 Å². The zero-order valence-corrected chi connectivity index (χ0v) is 15.1. The smallest absolute Gasteiger partial charge is 0.370 e. The number of amides is 2. The van der Waals surface area contributed by atoms with Crippen LogP contribution in [0.1, 0.15) is 30.8 Å². The van der Waals surface area contributed by atoms with E-state index in [-0.39, 0.29) is 18.7 Å². The third kappa shape index (κ3) is 4.64. The fraction of sp³-hybridized carbons (Fsp3) is 0.529. The Morgan fingerprint density at radius 2 is 2.23 bits per heavy atom. The van der Waals surface area contributed by atoms with E-state index in [1.54, 1.807) is 23.2 Å². The number of thiazole rings is 1. The average molecular weight is 387 g/mol. The van der Waals surface area contributed by atoms with Crippen LogP contribution >= 0.6 is 11.3 Å².